The summed E-state index contributed by atoms with van der Waals surface area (Å²) in [5.74, 6) is 0.533. The molecule has 2 atom stereocenters. The first-order chi connectivity index (χ1) is 7.68. The van der Waals surface area contributed by atoms with Crippen LogP contribution in [0.25, 0.3) is 0 Å². The van der Waals surface area contributed by atoms with Gasteiger partial charge in [-0.2, -0.15) is 0 Å². The Balaban J connectivity index is 2.18. The van der Waals surface area contributed by atoms with Crippen molar-refractivity contribution in [3.8, 4) is 0 Å². The fourth-order valence-corrected chi connectivity index (χ4v) is 2.50. The molecule has 2 unspecified atom stereocenters. The maximum absolute atomic E-state index is 10.2. The first kappa shape index (κ1) is 11.6. The van der Waals surface area contributed by atoms with E-state index in [1.165, 1.54) is 11.1 Å². The molecule has 0 amide bonds. The molecule has 0 bridgehead atoms. The van der Waals surface area contributed by atoms with Crippen LogP contribution in [0.2, 0.25) is 0 Å². The van der Waals surface area contributed by atoms with Crippen molar-refractivity contribution >= 4 is 0 Å². The normalized spacial score (nSPS) is 21.9. The van der Waals surface area contributed by atoms with Crippen LogP contribution in [0.5, 0.6) is 0 Å². The molecular formula is C14H21NO. The summed E-state index contributed by atoms with van der Waals surface area (Å²) in [6.07, 6.45) is 1.65. The van der Waals surface area contributed by atoms with E-state index in [4.69, 9.17) is 0 Å². The molecule has 0 radical (unpaired) electrons. The molecule has 88 valence electrons. The Morgan fingerprint density at radius 3 is 2.88 bits per heavy atom. The molecule has 2 heteroatoms. The summed E-state index contributed by atoms with van der Waals surface area (Å²) in [5, 5.41) is 13.7. The van der Waals surface area contributed by atoms with Gasteiger partial charge in [-0.05, 0) is 36.4 Å². The lowest BCUT2D eigenvalue weighted by Gasteiger charge is -2.31. The number of nitrogens with one attached hydrogen (secondary N) is 1. The minimum Gasteiger partial charge on any atom is -0.391 e. The second-order valence-corrected chi connectivity index (χ2v) is 5.08. The Kier molecular flexibility index (Phi) is 3.62. The molecule has 1 aromatic rings. The van der Waals surface area contributed by atoms with Gasteiger partial charge in [-0.15, -0.1) is 0 Å². The number of aliphatic hydroxyl groups excluding tert-OH is 1. The zero-order chi connectivity index (χ0) is 11.5. The van der Waals surface area contributed by atoms with E-state index in [2.05, 4.69) is 43.4 Å². The van der Waals surface area contributed by atoms with Gasteiger partial charge in [-0.1, -0.05) is 38.1 Å². The van der Waals surface area contributed by atoms with Gasteiger partial charge in [0.2, 0.25) is 0 Å². The summed E-state index contributed by atoms with van der Waals surface area (Å²) in [7, 11) is 0. The molecular weight excluding hydrogens is 198 g/mol. The molecule has 2 nitrogen and oxygen atoms in total. The highest BCUT2D eigenvalue weighted by atomic mass is 16.3. The predicted octanol–water partition coefficient (Wildman–Crippen LogP) is 2.28. The Morgan fingerprint density at radius 2 is 2.12 bits per heavy atom. The number of rotatable bonds is 3. The van der Waals surface area contributed by atoms with Gasteiger partial charge < -0.3 is 10.4 Å². The van der Waals surface area contributed by atoms with Gasteiger partial charge in [0.25, 0.3) is 0 Å². The highest BCUT2D eigenvalue weighted by molar-refractivity contribution is 5.33. The standard InChI is InChI=1S/C14H21NO/c1-10(2)9-13(16)14-12-6-4-3-5-11(12)7-8-15-14/h3-6,10,13-16H,7-9H2,1-2H3. The summed E-state index contributed by atoms with van der Waals surface area (Å²) < 4.78 is 0. The van der Waals surface area contributed by atoms with Crippen LogP contribution in [-0.2, 0) is 6.42 Å². The van der Waals surface area contributed by atoms with Crippen molar-refractivity contribution in [2.75, 3.05) is 6.54 Å². The zero-order valence-electron chi connectivity index (χ0n) is 10.1. The van der Waals surface area contributed by atoms with Gasteiger partial charge in [-0.25, -0.2) is 0 Å². The van der Waals surface area contributed by atoms with Gasteiger partial charge >= 0.3 is 0 Å². The molecule has 0 aromatic heterocycles. The van der Waals surface area contributed by atoms with Crippen LogP contribution in [0.3, 0.4) is 0 Å². The maximum atomic E-state index is 10.2. The molecule has 0 spiro atoms. The SMILES string of the molecule is CC(C)CC(O)C1NCCc2ccccc21. The van der Waals surface area contributed by atoms with E-state index in [0.717, 1.165) is 19.4 Å². The molecule has 2 rings (SSSR count). The minimum absolute atomic E-state index is 0.118. The van der Waals surface area contributed by atoms with E-state index in [1.807, 2.05) is 0 Å². The lowest BCUT2D eigenvalue weighted by Crippen LogP contribution is -2.38. The van der Waals surface area contributed by atoms with Crippen molar-refractivity contribution in [3.05, 3.63) is 35.4 Å². The monoisotopic (exact) mass is 219 g/mol. The Labute approximate surface area is 97.7 Å². The second-order valence-electron chi connectivity index (χ2n) is 5.08. The molecule has 1 aliphatic heterocycles. The third-order valence-corrected chi connectivity index (χ3v) is 3.25. The summed E-state index contributed by atoms with van der Waals surface area (Å²) in [6.45, 7) is 5.27. The van der Waals surface area contributed by atoms with E-state index in [0.29, 0.717) is 5.92 Å². The van der Waals surface area contributed by atoms with Gasteiger partial charge in [0.05, 0.1) is 12.1 Å². The Hall–Kier alpha value is -0.860. The van der Waals surface area contributed by atoms with Gasteiger partial charge in [0, 0.05) is 0 Å². The second kappa shape index (κ2) is 4.98. The summed E-state index contributed by atoms with van der Waals surface area (Å²) in [5.41, 5.74) is 2.66. The molecule has 16 heavy (non-hydrogen) atoms. The summed E-state index contributed by atoms with van der Waals surface area (Å²) in [4.78, 5) is 0. The fraction of sp³-hybridized carbons (Fsp3) is 0.571. The van der Waals surface area contributed by atoms with Crippen molar-refractivity contribution in [1.29, 1.82) is 0 Å². The number of hydrogen-bond donors (Lipinski definition) is 2. The van der Waals surface area contributed by atoms with Crippen LogP contribution in [0, 0.1) is 5.92 Å². The molecule has 1 aromatic carbocycles. The smallest absolute Gasteiger partial charge is 0.0737 e. The lowest BCUT2D eigenvalue weighted by atomic mass is 9.88. The van der Waals surface area contributed by atoms with Crippen LogP contribution in [-0.4, -0.2) is 17.8 Å². The highest BCUT2D eigenvalue weighted by Crippen LogP contribution is 2.27. The lowest BCUT2D eigenvalue weighted by molar-refractivity contribution is 0.102. The van der Waals surface area contributed by atoms with E-state index in [-0.39, 0.29) is 12.1 Å². The van der Waals surface area contributed by atoms with Gasteiger partial charge in [0.1, 0.15) is 0 Å². The molecule has 1 aliphatic rings. The van der Waals surface area contributed by atoms with Crippen LogP contribution in [0.4, 0.5) is 0 Å². The maximum Gasteiger partial charge on any atom is 0.0737 e. The topological polar surface area (TPSA) is 32.3 Å². The van der Waals surface area contributed by atoms with Crippen molar-refractivity contribution in [1.82, 2.24) is 5.32 Å². The van der Waals surface area contributed by atoms with E-state index in [1.54, 1.807) is 0 Å². The first-order valence-corrected chi connectivity index (χ1v) is 6.17. The number of aliphatic hydroxyl groups is 1. The van der Waals surface area contributed by atoms with Crippen LogP contribution in [0.15, 0.2) is 24.3 Å². The van der Waals surface area contributed by atoms with Crippen molar-refractivity contribution in [3.63, 3.8) is 0 Å². The van der Waals surface area contributed by atoms with Crippen molar-refractivity contribution < 1.29 is 5.11 Å². The Morgan fingerprint density at radius 1 is 1.38 bits per heavy atom. The molecule has 1 heterocycles. The van der Waals surface area contributed by atoms with Gasteiger partial charge in [-0.3, -0.25) is 0 Å². The number of benzene rings is 1. The zero-order valence-corrected chi connectivity index (χ0v) is 10.1. The minimum atomic E-state index is -0.276. The van der Waals surface area contributed by atoms with Gasteiger partial charge in [0.15, 0.2) is 0 Å². The molecule has 0 saturated heterocycles. The largest absolute Gasteiger partial charge is 0.391 e. The number of fused-ring (bicyclic) bond motifs is 1. The van der Waals surface area contributed by atoms with Crippen LogP contribution >= 0.6 is 0 Å². The van der Waals surface area contributed by atoms with Crippen molar-refractivity contribution in [2.45, 2.75) is 38.8 Å². The average molecular weight is 219 g/mol. The molecule has 2 N–H and O–H groups in total. The molecule has 0 saturated carbocycles. The third kappa shape index (κ3) is 2.45. The summed E-state index contributed by atoms with van der Waals surface area (Å²) in [6, 6.07) is 8.56. The van der Waals surface area contributed by atoms with Crippen molar-refractivity contribution in [2.24, 2.45) is 5.92 Å². The highest BCUT2D eigenvalue weighted by Gasteiger charge is 2.26. The van der Waals surface area contributed by atoms with E-state index in [9.17, 15) is 5.11 Å². The summed E-state index contributed by atoms with van der Waals surface area (Å²) >= 11 is 0. The molecule has 0 fully saturated rings. The fourth-order valence-electron chi connectivity index (χ4n) is 2.50. The first-order valence-electron chi connectivity index (χ1n) is 6.17. The third-order valence-electron chi connectivity index (χ3n) is 3.25. The quantitative estimate of drug-likeness (QED) is 0.817. The van der Waals surface area contributed by atoms with Crippen LogP contribution in [0.1, 0.15) is 37.4 Å². The average Bonchev–Trinajstić information content (AvgIpc) is 2.27. The molecule has 0 aliphatic carbocycles. The van der Waals surface area contributed by atoms with Crippen LogP contribution < -0.4 is 5.32 Å². The Bertz CT molecular complexity index is 348. The van der Waals surface area contributed by atoms with E-state index < -0.39 is 0 Å². The predicted molar refractivity (Wildman–Crippen MR) is 66.4 cm³/mol. The number of hydrogen-bond acceptors (Lipinski definition) is 2. The van der Waals surface area contributed by atoms with E-state index >= 15 is 0 Å².